The molecule has 1 amide bonds. The number of methoxy groups -OCH3 is 1. The fourth-order valence-electron chi connectivity index (χ4n) is 3.95. The lowest BCUT2D eigenvalue weighted by Gasteiger charge is -2.29. The summed E-state index contributed by atoms with van der Waals surface area (Å²) in [5, 5.41) is 10.8. The Morgan fingerprint density at radius 2 is 2.16 bits per heavy atom. The summed E-state index contributed by atoms with van der Waals surface area (Å²) in [5.41, 5.74) is 7.94. The minimum absolute atomic E-state index is 0.0696. The Morgan fingerprint density at radius 3 is 2.87 bits per heavy atom. The Kier molecular flexibility index (Phi) is 5.63. The largest absolute Gasteiger partial charge is 0.496 e. The minimum Gasteiger partial charge on any atom is -0.496 e. The fourth-order valence-corrected chi connectivity index (χ4v) is 3.95. The van der Waals surface area contributed by atoms with Crippen LogP contribution >= 0.6 is 0 Å². The predicted molar refractivity (Wildman–Crippen MR) is 117 cm³/mol. The summed E-state index contributed by atoms with van der Waals surface area (Å²) < 4.78 is 19.1. The second kappa shape index (κ2) is 8.37. The minimum atomic E-state index is -0.411. The number of rotatable bonds is 7. The number of carbonyl (C=O) groups excluding carboxylic acids is 1. The summed E-state index contributed by atoms with van der Waals surface area (Å²) in [7, 11) is 1.55. The highest BCUT2D eigenvalue weighted by Gasteiger charge is 2.45. The number of anilines is 1. The maximum atomic E-state index is 13.7. The highest BCUT2D eigenvalue weighted by Crippen LogP contribution is 2.40. The van der Waals surface area contributed by atoms with E-state index in [1.54, 1.807) is 25.4 Å². The average Bonchev–Trinajstić information content (AvgIpc) is 3.52. The number of carbonyl (C=O) groups is 1. The second-order valence-corrected chi connectivity index (χ2v) is 8.12. The molecule has 0 spiro atoms. The van der Waals surface area contributed by atoms with Crippen molar-refractivity contribution < 1.29 is 13.9 Å². The van der Waals surface area contributed by atoms with Gasteiger partial charge in [0, 0.05) is 36.1 Å². The van der Waals surface area contributed by atoms with Gasteiger partial charge < -0.3 is 20.7 Å². The Balaban J connectivity index is 1.47. The van der Waals surface area contributed by atoms with Gasteiger partial charge in [0.1, 0.15) is 23.1 Å². The number of nitrogens with zero attached hydrogens (tertiary/aromatic N) is 2. The summed E-state index contributed by atoms with van der Waals surface area (Å²) in [6.07, 6.45) is 6.51. The monoisotopic (exact) mass is 423 g/mol. The first kappa shape index (κ1) is 20.8. The summed E-state index contributed by atoms with van der Waals surface area (Å²) in [6, 6.07) is 8.04. The van der Waals surface area contributed by atoms with Gasteiger partial charge in [0.25, 0.3) is 5.91 Å². The van der Waals surface area contributed by atoms with E-state index >= 15 is 0 Å². The van der Waals surface area contributed by atoms with Gasteiger partial charge in [-0.2, -0.15) is 0 Å². The summed E-state index contributed by atoms with van der Waals surface area (Å²) >= 11 is 0. The summed E-state index contributed by atoms with van der Waals surface area (Å²) in [4.78, 5) is 19.3. The topological polar surface area (TPSA) is 104 Å². The molecule has 1 aliphatic heterocycles. The van der Waals surface area contributed by atoms with E-state index in [-0.39, 0.29) is 17.6 Å². The normalized spacial score (nSPS) is 17.0. The third-order valence-electron chi connectivity index (χ3n) is 5.84. The van der Waals surface area contributed by atoms with Gasteiger partial charge in [-0.15, -0.1) is 0 Å². The molecule has 1 aliphatic carbocycles. The molecule has 1 aromatic carbocycles. The lowest BCUT2D eigenvalue weighted by atomic mass is 10.0. The van der Waals surface area contributed by atoms with Crippen LogP contribution in [0.1, 0.15) is 35.3 Å². The number of benzene rings is 1. The Hall–Kier alpha value is -3.42. The van der Waals surface area contributed by atoms with Crippen molar-refractivity contribution in [1.29, 1.82) is 5.41 Å². The van der Waals surface area contributed by atoms with Gasteiger partial charge in [-0.3, -0.25) is 15.2 Å². The maximum Gasteiger partial charge on any atom is 0.270 e. The van der Waals surface area contributed by atoms with E-state index in [1.165, 1.54) is 12.1 Å². The van der Waals surface area contributed by atoms with Crippen LogP contribution in [0.15, 0.2) is 48.2 Å². The zero-order chi connectivity index (χ0) is 22.0. The summed E-state index contributed by atoms with van der Waals surface area (Å²) in [6.45, 7) is 1.31. The molecule has 0 radical (unpaired) electrons. The first-order valence-electron chi connectivity index (χ1n) is 10.3. The van der Waals surface area contributed by atoms with Crippen LogP contribution in [0.4, 0.5) is 10.1 Å². The lowest BCUT2D eigenvalue weighted by Crippen LogP contribution is -2.39. The number of ether oxygens (including phenoxy) is 1. The van der Waals surface area contributed by atoms with E-state index < -0.39 is 5.54 Å². The molecular formula is C23H26FN5O2. The molecule has 2 aromatic rings. The van der Waals surface area contributed by atoms with Crippen molar-refractivity contribution in [2.75, 3.05) is 25.1 Å². The van der Waals surface area contributed by atoms with E-state index in [9.17, 15) is 9.18 Å². The van der Waals surface area contributed by atoms with Gasteiger partial charge in [0.15, 0.2) is 0 Å². The number of amides is 1. The number of halogens is 1. The molecule has 0 unspecified atom stereocenters. The van der Waals surface area contributed by atoms with Gasteiger partial charge in [-0.05, 0) is 61.6 Å². The average molecular weight is 423 g/mol. The zero-order valence-corrected chi connectivity index (χ0v) is 17.5. The third kappa shape index (κ3) is 4.68. The molecule has 0 bridgehead atoms. The van der Waals surface area contributed by atoms with E-state index in [2.05, 4.69) is 15.2 Å². The number of hydrogen-bond acceptors (Lipinski definition) is 5. The van der Waals surface area contributed by atoms with E-state index in [0.717, 1.165) is 42.6 Å². The molecule has 4 N–H and O–H groups in total. The van der Waals surface area contributed by atoms with Crippen molar-refractivity contribution >= 4 is 17.4 Å². The van der Waals surface area contributed by atoms with Gasteiger partial charge in [-0.25, -0.2) is 4.39 Å². The number of aromatic nitrogens is 1. The van der Waals surface area contributed by atoms with Crippen molar-refractivity contribution in [3.63, 3.8) is 0 Å². The Labute approximate surface area is 180 Å². The second-order valence-electron chi connectivity index (χ2n) is 8.12. The van der Waals surface area contributed by atoms with E-state index in [0.29, 0.717) is 24.4 Å². The van der Waals surface area contributed by atoms with Crippen molar-refractivity contribution in [2.45, 2.75) is 31.2 Å². The molecule has 4 rings (SSSR count). The molecule has 0 atom stereocenters. The van der Waals surface area contributed by atoms with Crippen LogP contribution in [0.3, 0.4) is 0 Å². The van der Waals surface area contributed by atoms with Gasteiger partial charge in [0.2, 0.25) is 0 Å². The molecule has 1 saturated carbocycles. The molecule has 1 fully saturated rings. The molecule has 31 heavy (non-hydrogen) atoms. The number of nitrogens with two attached hydrogens (primary N) is 1. The van der Waals surface area contributed by atoms with Crippen LogP contribution in [0.2, 0.25) is 0 Å². The van der Waals surface area contributed by atoms with Crippen molar-refractivity contribution in [3.8, 4) is 5.75 Å². The highest BCUT2D eigenvalue weighted by molar-refractivity contribution is 5.96. The molecule has 2 aliphatic rings. The molecule has 2 heterocycles. The van der Waals surface area contributed by atoms with Gasteiger partial charge in [-0.1, -0.05) is 6.08 Å². The molecular weight excluding hydrogens is 397 g/mol. The number of pyridine rings is 1. The van der Waals surface area contributed by atoms with Gasteiger partial charge in [0.05, 0.1) is 7.11 Å². The standard InChI is InChI=1S/C23H26FN5O2/c1-31-20-5-4-17(24)11-16(20)13-23(7-8-23)28-22(30)19-12-18(6-9-27-19)29-10-2-3-15(14-29)21(25)26/h3-6,9,11-12H,2,7-8,10,13-14H2,1H3,(H3,25,26)(H,28,30). The molecule has 1 aromatic heterocycles. The van der Waals surface area contributed by atoms with Crippen LogP contribution in [0.5, 0.6) is 5.75 Å². The highest BCUT2D eigenvalue weighted by atomic mass is 19.1. The predicted octanol–water partition coefficient (Wildman–Crippen LogP) is 2.81. The third-order valence-corrected chi connectivity index (χ3v) is 5.84. The first-order valence-corrected chi connectivity index (χ1v) is 10.3. The van der Waals surface area contributed by atoms with Crippen molar-refractivity contribution in [3.05, 3.63) is 65.3 Å². The van der Waals surface area contributed by atoms with Crippen LogP contribution in [0, 0.1) is 11.2 Å². The SMILES string of the molecule is COc1ccc(F)cc1CC1(NC(=O)c2cc(N3CCC=C(C(=N)N)C3)ccn2)CC1. The Morgan fingerprint density at radius 1 is 1.35 bits per heavy atom. The van der Waals surface area contributed by atoms with Gasteiger partial charge >= 0.3 is 0 Å². The smallest absolute Gasteiger partial charge is 0.270 e. The zero-order valence-electron chi connectivity index (χ0n) is 17.5. The number of amidine groups is 1. The fraction of sp³-hybridized carbons (Fsp3) is 0.348. The molecule has 7 nitrogen and oxygen atoms in total. The quantitative estimate of drug-likeness (QED) is 0.469. The molecule has 162 valence electrons. The molecule has 8 heteroatoms. The Bertz CT molecular complexity index is 1050. The van der Waals surface area contributed by atoms with Crippen LogP contribution in [-0.2, 0) is 6.42 Å². The molecule has 0 saturated heterocycles. The summed E-state index contributed by atoms with van der Waals surface area (Å²) in [5.74, 6) is 0.100. The van der Waals surface area contributed by atoms with Crippen LogP contribution in [-0.4, -0.2) is 42.5 Å². The van der Waals surface area contributed by atoms with Crippen molar-refractivity contribution in [1.82, 2.24) is 10.3 Å². The number of hydrogen-bond donors (Lipinski definition) is 3. The van der Waals surface area contributed by atoms with Crippen LogP contribution < -0.4 is 20.7 Å². The van der Waals surface area contributed by atoms with E-state index in [4.69, 9.17) is 15.9 Å². The van der Waals surface area contributed by atoms with Crippen molar-refractivity contribution in [2.24, 2.45) is 5.73 Å². The van der Waals surface area contributed by atoms with E-state index in [1.807, 2.05) is 12.1 Å². The maximum absolute atomic E-state index is 13.7. The lowest BCUT2D eigenvalue weighted by molar-refractivity contribution is 0.0926. The first-order chi connectivity index (χ1) is 14.9. The number of nitrogens with one attached hydrogen (secondary N) is 2. The van der Waals surface area contributed by atoms with Crippen LogP contribution in [0.25, 0.3) is 0 Å².